The van der Waals surface area contributed by atoms with Crippen LogP contribution < -0.4 is 5.32 Å². The number of nitrogens with one attached hydrogen (secondary N) is 1. The molecule has 0 spiro atoms. The van der Waals surface area contributed by atoms with Crippen molar-refractivity contribution in [2.45, 2.75) is 51.0 Å². The van der Waals surface area contributed by atoms with E-state index in [1.165, 1.54) is 77.1 Å². The van der Waals surface area contributed by atoms with Crippen LogP contribution in [0.15, 0.2) is 4.99 Å². The standard InChI is InChI=1S/C18H32N4.HI/c1-19-18(22-12-15-4-2-3-5-16(15)13-22)20-10-14-8-9-21(11-14)17-6-7-17;/h14-17H,2-13H2,1H3,(H,19,20);1H. The molecule has 4 aliphatic rings. The Balaban J connectivity index is 0.00000156. The van der Waals surface area contributed by atoms with Crippen LogP contribution in [-0.4, -0.2) is 61.6 Å². The highest BCUT2D eigenvalue weighted by molar-refractivity contribution is 14.0. The predicted octanol–water partition coefficient (Wildman–Crippen LogP) is 2.79. The van der Waals surface area contributed by atoms with Gasteiger partial charge in [-0.2, -0.15) is 0 Å². The molecule has 2 heterocycles. The van der Waals surface area contributed by atoms with E-state index in [9.17, 15) is 0 Å². The molecule has 4 fully saturated rings. The molecule has 2 aliphatic heterocycles. The molecule has 132 valence electrons. The van der Waals surface area contributed by atoms with Gasteiger partial charge in [-0.1, -0.05) is 12.8 Å². The number of guanidine groups is 1. The lowest BCUT2D eigenvalue weighted by Crippen LogP contribution is -2.42. The maximum Gasteiger partial charge on any atom is 0.193 e. The molecule has 0 bridgehead atoms. The molecule has 2 saturated carbocycles. The van der Waals surface area contributed by atoms with Crippen LogP contribution in [0.5, 0.6) is 0 Å². The molecule has 0 amide bonds. The van der Waals surface area contributed by atoms with Gasteiger partial charge in [-0.05, 0) is 56.4 Å². The van der Waals surface area contributed by atoms with Crippen molar-refractivity contribution >= 4 is 29.9 Å². The lowest BCUT2D eigenvalue weighted by Gasteiger charge is -2.23. The largest absolute Gasteiger partial charge is 0.356 e. The Hall–Kier alpha value is -0.0400. The minimum atomic E-state index is 0. The number of rotatable bonds is 3. The van der Waals surface area contributed by atoms with Crippen molar-refractivity contribution < 1.29 is 0 Å². The summed E-state index contributed by atoms with van der Waals surface area (Å²) in [5, 5.41) is 3.69. The third-order valence-electron chi connectivity index (χ3n) is 6.42. The lowest BCUT2D eigenvalue weighted by molar-refractivity contribution is 0.299. The molecule has 4 nitrogen and oxygen atoms in total. The van der Waals surface area contributed by atoms with Crippen LogP contribution in [0.2, 0.25) is 0 Å². The fourth-order valence-electron chi connectivity index (χ4n) is 4.95. The molecule has 1 N–H and O–H groups in total. The zero-order chi connectivity index (χ0) is 14.9. The molecular formula is C18H33IN4. The van der Waals surface area contributed by atoms with Crippen LogP contribution in [0, 0.1) is 17.8 Å². The van der Waals surface area contributed by atoms with Crippen LogP contribution in [-0.2, 0) is 0 Å². The van der Waals surface area contributed by atoms with Crippen LogP contribution >= 0.6 is 24.0 Å². The number of hydrogen-bond acceptors (Lipinski definition) is 2. The monoisotopic (exact) mass is 432 g/mol. The van der Waals surface area contributed by atoms with E-state index in [-0.39, 0.29) is 24.0 Å². The first-order valence-electron chi connectivity index (χ1n) is 9.53. The van der Waals surface area contributed by atoms with E-state index in [0.29, 0.717) is 0 Å². The molecular weight excluding hydrogens is 399 g/mol. The van der Waals surface area contributed by atoms with Crippen molar-refractivity contribution in [2.24, 2.45) is 22.7 Å². The Morgan fingerprint density at radius 1 is 1.00 bits per heavy atom. The number of nitrogens with zero attached hydrogens (tertiary/aromatic N) is 3. The van der Waals surface area contributed by atoms with E-state index in [0.717, 1.165) is 30.3 Å². The van der Waals surface area contributed by atoms with Gasteiger partial charge in [-0.3, -0.25) is 4.99 Å². The lowest BCUT2D eigenvalue weighted by atomic mass is 9.82. The maximum absolute atomic E-state index is 4.57. The van der Waals surface area contributed by atoms with Gasteiger partial charge < -0.3 is 15.1 Å². The molecule has 23 heavy (non-hydrogen) atoms. The highest BCUT2D eigenvalue weighted by Gasteiger charge is 2.37. The minimum absolute atomic E-state index is 0. The SMILES string of the molecule is CN=C(NCC1CCN(C2CC2)C1)N1CC2CCCCC2C1.I. The Morgan fingerprint density at radius 2 is 1.70 bits per heavy atom. The van der Waals surface area contributed by atoms with Crippen molar-refractivity contribution in [3.05, 3.63) is 0 Å². The predicted molar refractivity (Wildman–Crippen MR) is 106 cm³/mol. The van der Waals surface area contributed by atoms with Gasteiger partial charge in [-0.25, -0.2) is 0 Å². The van der Waals surface area contributed by atoms with E-state index in [4.69, 9.17) is 0 Å². The quantitative estimate of drug-likeness (QED) is 0.423. The van der Waals surface area contributed by atoms with Crippen molar-refractivity contribution in [1.29, 1.82) is 0 Å². The fraction of sp³-hybridized carbons (Fsp3) is 0.944. The average molecular weight is 432 g/mol. The highest BCUT2D eigenvalue weighted by atomic mass is 127. The Bertz CT molecular complexity index is 409. The van der Waals surface area contributed by atoms with Crippen molar-refractivity contribution in [2.75, 3.05) is 39.8 Å². The van der Waals surface area contributed by atoms with Gasteiger partial charge in [0.15, 0.2) is 5.96 Å². The first-order valence-corrected chi connectivity index (χ1v) is 9.53. The normalized spacial score (nSPS) is 35.1. The molecule has 4 rings (SSSR count). The Kier molecular flexibility index (Phi) is 6.10. The fourth-order valence-corrected chi connectivity index (χ4v) is 4.95. The van der Waals surface area contributed by atoms with Crippen LogP contribution in [0.1, 0.15) is 44.9 Å². The summed E-state index contributed by atoms with van der Waals surface area (Å²) in [6.07, 6.45) is 10.0. The number of likely N-dealkylation sites (tertiary alicyclic amines) is 2. The maximum atomic E-state index is 4.57. The van der Waals surface area contributed by atoms with E-state index >= 15 is 0 Å². The number of halogens is 1. The average Bonchev–Trinajstić information content (AvgIpc) is 3.13. The number of fused-ring (bicyclic) bond motifs is 1. The van der Waals surface area contributed by atoms with Gasteiger partial charge in [-0.15, -0.1) is 24.0 Å². The zero-order valence-electron chi connectivity index (χ0n) is 14.5. The summed E-state index contributed by atoms with van der Waals surface area (Å²) in [7, 11) is 1.95. The second-order valence-corrected chi connectivity index (χ2v) is 8.02. The third kappa shape index (κ3) is 4.14. The summed E-state index contributed by atoms with van der Waals surface area (Å²) in [5.41, 5.74) is 0. The summed E-state index contributed by atoms with van der Waals surface area (Å²) in [6, 6.07) is 0.936. The summed E-state index contributed by atoms with van der Waals surface area (Å²) < 4.78 is 0. The van der Waals surface area contributed by atoms with Crippen LogP contribution in [0.4, 0.5) is 0 Å². The van der Waals surface area contributed by atoms with Gasteiger partial charge in [0.2, 0.25) is 0 Å². The zero-order valence-corrected chi connectivity index (χ0v) is 16.9. The summed E-state index contributed by atoms with van der Waals surface area (Å²) >= 11 is 0. The molecule has 3 unspecified atom stereocenters. The van der Waals surface area contributed by atoms with Crippen molar-refractivity contribution in [1.82, 2.24) is 15.1 Å². The topological polar surface area (TPSA) is 30.9 Å². The van der Waals surface area contributed by atoms with Crippen molar-refractivity contribution in [3.8, 4) is 0 Å². The Labute approximate surface area is 158 Å². The van der Waals surface area contributed by atoms with Gasteiger partial charge in [0.05, 0.1) is 0 Å². The van der Waals surface area contributed by atoms with Crippen LogP contribution in [0.25, 0.3) is 0 Å². The van der Waals surface area contributed by atoms with Crippen molar-refractivity contribution in [3.63, 3.8) is 0 Å². The summed E-state index contributed by atoms with van der Waals surface area (Å²) in [6.45, 7) is 6.22. The minimum Gasteiger partial charge on any atom is -0.356 e. The van der Waals surface area contributed by atoms with Gasteiger partial charge in [0, 0.05) is 39.3 Å². The first kappa shape index (κ1) is 17.8. The summed E-state index contributed by atoms with van der Waals surface area (Å²) in [4.78, 5) is 9.82. The number of hydrogen-bond donors (Lipinski definition) is 1. The number of aliphatic imine (C=N–C) groups is 1. The highest BCUT2D eigenvalue weighted by Crippen LogP contribution is 2.36. The smallest absolute Gasteiger partial charge is 0.193 e. The van der Waals surface area contributed by atoms with Gasteiger partial charge in [0.1, 0.15) is 0 Å². The third-order valence-corrected chi connectivity index (χ3v) is 6.42. The molecule has 3 atom stereocenters. The van der Waals surface area contributed by atoms with E-state index < -0.39 is 0 Å². The van der Waals surface area contributed by atoms with E-state index in [2.05, 4.69) is 20.1 Å². The molecule has 0 radical (unpaired) electrons. The van der Waals surface area contributed by atoms with Gasteiger partial charge in [0.25, 0.3) is 0 Å². The molecule has 0 aromatic heterocycles. The second-order valence-electron chi connectivity index (χ2n) is 8.02. The summed E-state index contributed by atoms with van der Waals surface area (Å²) in [5.74, 6) is 3.86. The molecule has 0 aromatic rings. The molecule has 0 aromatic carbocycles. The van der Waals surface area contributed by atoms with Crippen LogP contribution in [0.3, 0.4) is 0 Å². The molecule has 2 aliphatic carbocycles. The second kappa shape index (κ2) is 7.89. The molecule has 5 heteroatoms. The molecule has 2 saturated heterocycles. The van der Waals surface area contributed by atoms with E-state index in [1.807, 2.05) is 7.05 Å². The Morgan fingerprint density at radius 3 is 2.30 bits per heavy atom. The van der Waals surface area contributed by atoms with Gasteiger partial charge >= 0.3 is 0 Å². The van der Waals surface area contributed by atoms with E-state index in [1.54, 1.807) is 0 Å². The first-order chi connectivity index (χ1) is 10.8.